The van der Waals surface area contributed by atoms with Gasteiger partial charge in [-0.05, 0) is 11.6 Å². The van der Waals surface area contributed by atoms with E-state index in [9.17, 15) is 4.79 Å². The fourth-order valence-electron chi connectivity index (χ4n) is 3.32. The number of ether oxygens (including phenoxy) is 4. The summed E-state index contributed by atoms with van der Waals surface area (Å²) >= 11 is 6.26. The second kappa shape index (κ2) is 10.3. The van der Waals surface area contributed by atoms with Gasteiger partial charge in [0.2, 0.25) is 5.75 Å². The second-order valence-corrected chi connectivity index (χ2v) is 7.16. The van der Waals surface area contributed by atoms with Gasteiger partial charge < -0.3 is 23.8 Å². The Balaban J connectivity index is 1.64. The van der Waals surface area contributed by atoms with Gasteiger partial charge in [0.25, 0.3) is 0 Å². The highest BCUT2D eigenvalue weighted by Crippen LogP contribution is 2.40. The number of hydrogen-bond acceptors (Lipinski definition) is 7. The third-order valence-electron chi connectivity index (χ3n) is 4.94. The van der Waals surface area contributed by atoms with E-state index in [0.29, 0.717) is 48.3 Å². The molecule has 30 heavy (non-hydrogen) atoms. The molecule has 0 aromatic heterocycles. The summed E-state index contributed by atoms with van der Waals surface area (Å²) in [5.74, 6) is 4.10. The Kier molecular flexibility index (Phi) is 7.46. The van der Waals surface area contributed by atoms with Crippen molar-refractivity contribution in [3.8, 4) is 23.0 Å². The smallest absolute Gasteiger partial charge is 0.203 e. The Hall–Kier alpha value is -2.86. The minimum absolute atomic E-state index is 0.211. The molecule has 1 aliphatic rings. The van der Waals surface area contributed by atoms with Crippen LogP contribution in [0.25, 0.3) is 0 Å². The van der Waals surface area contributed by atoms with Crippen LogP contribution in [0.4, 0.5) is 0 Å². The Morgan fingerprint density at radius 3 is 2.33 bits per heavy atom. The summed E-state index contributed by atoms with van der Waals surface area (Å²) in [6, 6.07) is 11.2. The molecule has 0 amide bonds. The summed E-state index contributed by atoms with van der Waals surface area (Å²) in [6.07, 6.45) is 0. The van der Waals surface area contributed by atoms with Crippen LogP contribution in [0.3, 0.4) is 0 Å². The van der Waals surface area contributed by atoms with Gasteiger partial charge in [-0.1, -0.05) is 29.8 Å². The van der Waals surface area contributed by atoms with Crippen LogP contribution in [0.5, 0.6) is 23.0 Å². The van der Waals surface area contributed by atoms with Crippen LogP contribution in [0.2, 0.25) is 5.02 Å². The van der Waals surface area contributed by atoms with E-state index in [1.165, 1.54) is 0 Å². The van der Waals surface area contributed by atoms with Gasteiger partial charge >= 0.3 is 0 Å². The maximum absolute atomic E-state index is 11.6. The summed E-state index contributed by atoms with van der Waals surface area (Å²) in [5.41, 5.74) is 1.58. The lowest BCUT2D eigenvalue weighted by Crippen LogP contribution is -2.45. The van der Waals surface area contributed by atoms with Gasteiger partial charge in [0.15, 0.2) is 18.2 Å². The standard InChI is InChI=1S/C22H25ClN2O5/c1-27-20-10-18(11-21(28-2)22(20)29-3)30-15-25-9-8-24(13-17(25)14-26)12-16-6-4-5-7-19(16)23/h4-7,10-11H,8-9,12-13,15H2,1-3H3. The molecule has 8 heteroatoms. The highest BCUT2D eigenvalue weighted by molar-refractivity contribution is 6.31. The molecule has 0 atom stereocenters. The lowest BCUT2D eigenvalue weighted by Gasteiger charge is -2.36. The average molecular weight is 433 g/mol. The number of benzene rings is 2. The van der Waals surface area contributed by atoms with Crippen molar-refractivity contribution in [3.63, 3.8) is 0 Å². The highest BCUT2D eigenvalue weighted by atomic mass is 35.5. The van der Waals surface area contributed by atoms with E-state index in [-0.39, 0.29) is 6.73 Å². The molecule has 0 aliphatic carbocycles. The van der Waals surface area contributed by atoms with Crippen LogP contribution in [0.1, 0.15) is 5.56 Å². The van der Waals surface area contributed by atoms with Crippen molar-refractivity contribution < 1.29 is 23.7 Å². The van der Waals surface area contributed by atoms with Crippen LogP contribution >= 0.6 is 11.6 Å². The number of rotatable bonds is 8. The molecule has 1 saturated heterocycles. The molecule has 0 N–H and O–H groups in total. The van der Waals surface area contributed by atoms with E-state index in [1.54, 1.807) is 33.5 Å². The SMILES string of the molecule is COc1cc(OCN2CCN(Cc3ccccc3Cl)CC2=C=O)cc(OC)c1OC. The Bertz CT molecular complexity index is 904. The molecule has 160 valence electrons. The predicted octanol–water partition coefficient (Wildman–Crippen LogP) is 3.24. The first-order valence-corrected chi connectivity index (χ1v) is 9.84. The van der Waals surface area contributed by atoms with Gasteiger partial charge in [0.05, 0.1) is 21.3 Å². The lowest BCUT2D eigenvalue weighted by molar-refractivity contribution is 0.101. The van der Waals surface area contributed by atoms with Gasteiger partial charge in [-0.3, -0.25) is 4.90 Å². The van der Waals surface area contributed by atoms with Crippen molar-refractivity contribution in [1.29, 1.82) is 0 Å². The molecule has 1 heterocycles. The van der Waals surface area contributed by atoms with Gasteiger partial charge in [0, 0.05) is 43.3 Å². The normalized spacial score (nSPS) is 14.3. The van der Waals surface area contributed by atoms with Crippen molar-refractivity contribution in [2.45, 2.75) is 6.54 Å². The van der Waals surface area contributed by atoms with Crippen LogP contribution in [0, 0.1) is 0 Å². The monoisotopic (exact) mass is 432 g/mol. The minimum atomic E-state index is 0.211. The molecule has 3 rings (SSSR count). The zero-order valence-electron chi connectivity index (χ0n) is 17.3. The van der Waals surface area contributed by atoms with E-state index >= 15 is 0 Å². The summed E-state index contributed by atoms with van der Waals surface area (Å²) in [5, 5.41) is 0.724. The maximum Gasteiger partial charge on any atom is 0.203 e. The second-order valence-electron chi connectivity index (χ2n) is 6.75. The molecule has 2 aromatic carbocycles. The van der Waals surface area contributed by atoms with Crippen molar-refractivity contribution in [2.75, 3.05) is 47.7 Å². The molecule has 0 bridgehead atoms. The summed E-state index contributed by atoms with van der Waals surface area (Å²) in [6.45, 7) is 2.78. The molecule has 0 radical (unpaired) electrons. The lowest BCUT2D eigenvalue weighted by atomic mass is 10.2. The van der Waals surface area contributed by atoms with Crippen LogP contribution in [-0.4, -0.2) is 63.4 Å². The topological polar surface area (TPSA) is 60.5 Å². The molecular weight excluding hydrogens is 408 g/mol. The quantitative estimate of drug-likeness (QED) is 0.593. The van der Waals surface area contributed by atoms with E-state index < -0.39 is 0 Å². The molecule has 0 saturated carbocycles. The Labute approximate surface area is 181 Å². The van der Waals surface area contributed by atoms with Crippen molar-refractivity contribution in [1.82, 2.24) is 9.80 Å². The number of piperazine rings is 1. The van der Waals surface area contributed by atoms with E-state index in [2.05, 4.69) is 10.8 Å². The number of hydrogen-bond donors (Lipinski definition) is 0. The van der Waals surface area contributed by atoms with Gasteiger partial charge in [0.1, 0.15) is 17.4 Å². The van der Waals surface area contributed by atoms with Crippen LogP contribution in [0.15, 0.2) is 42.1 Å². The number of carbonyl (C=O) groups excluding carboxylic acids is 1. The summed E-state index contributed by atoms with van der Waals surface area (Å²) < 4.78 is 21.9. The molecule has 1 fully saturated rings. The largest absolute Gasteiger partial charge is 0.493 e. The average Bonchev–Trinajstić information content (AvgIpc) is 2.78. The van der Waals surface area contributed by atoms with E-state index in [4.69, 9.17) is 30.5 Å². The predicted molar refractivity (Wildman–Crippen MR) is 114 cm³/mol. The molecule has 2 aromatic rings. The van der Waals surface area contributed by atoms with E-state index in [1.807, 2.05) is 29.2 Å². The number of halogens is 1. The summed E-state index contributed by atoms with van der Waals surface area (Å²) in [7, 11) is 4.64. The minimum Gasteiger partial charge on any atom is -0.493 e. The summed E-state index contributed by atoms with van der Waals surface area (Å²) in [4.78, 5) is 15.6. The Morgan fingerprint density at radius 1 is 1.03 bits per heavy atom. The molecule has 1 aliphatic heterocycles. The van der Waals surface area contributed by atoms with Crippen LogP contribution in [-0.2, 0) is 11.3 Å². The third-order valence-corrected chi connectivity index (χ3v) is 5.30. The van der Waals surface area contributed by atoms with E-state index in [0.717, 1.165) is 17.1 Å². The highest BCUT2D eigenvalue weighted by Gasteiger charge is 2.23. The third kappa shape index (κ3) is 5.00. The number of nitrogens with zero attached hydrogens (tertiary/aromatic N) is 2. The first-order chi connectivity index (χ1) is 14.6. The molecular formula is C22H25ClN2O5. The van der Waals surface area contributed by atoms with Crippen LogP contribution < -0.4 is 18.9 Å². The van der Waals surface area contributed by atoms with Gasteiger partial charge in [-0.2, -0.15) is 0 Å². The molecule has 0 spiro atoms. The fourth-order valence-corrected chi connectivity index (χ4v) is 3.52. The molecule has 0 unspecified atom stereocenters. The number of methoxy groups -OCH3 is 3. The molecule has 7 nitrogen and oxygen atoms in total. The Morgan fingerprint density at radius 2 is 1.73 bits per heavy atom. The van der Waals surface area contributed by atoms with Gasteiger partial charge in [-0.25, -0.2) is 4.79 Å². The van der Waals surface area contributed by atoms with Gasteiger partial charge in [-0.15, -0.1) is 0 Å². The fraction of sp³-hybridized carbons (Fsp3) is 0.364. The van der Waals surface area contributed by atoms with Crippen molar-refractivity contribution >= 4 is 17.5 Å². The zero-order chi connectivity index (χ0) is 21.5. The van der Waals surface area contributed by atoms with Crippen molar-refractivity contribution in [2.24, 2.45) is 0 Å². The zero-order valence-corrected chi connectivity index (χ0v) is 18.1. The maximum atomic E-state index is 11.6. The van der Waals surface area contributed by atoms with Crippen molar-refractivity contribution in [3.05, 3.63) is 52.7 Å². The first kappa shape index (κ1) is 21.8. The first-order valence-electron chi connectivity index (χ1n) is 9.47.